The molecular weight excluding hydrogens is 302 g/mol. The van der Waals surface area contributed by atoms with Crippen molar-refractivity contribution in [3.8, 4) is 22.5 Å². The molecule has 4 nitrogen and oxygen atoms in total. The monoisotopic (exact) mass is 312 g/mol. The molecule has 0 saturated carbocycles. The van der Waals surface area contributed by atoms with Crippen molar-refractivity contribution >= 4 is 5.69 Å². The average molecular weight is 312 g/mol. The molecule has 0 unspecified atom stereocenters. The Morgan fingerprint density at radius 2 is 1.39 bits per heavy atom. The van der Waals surface area contributed by atoms with Gasteiger partial charge in [-0.1, -0.05) is 24.3 Å². The maximum absolute atomic E-state index is 14.0. The fourth-order valence-corrected chi connectivity index (χ4v) is 2.27. The molecule has 0 saturated heterocycles. The van der Waals surface area contributed by atoms with Gasteiger partial charge in [0.25, 0.3) is 5.69 Å². The van der Waals surface area contributed by atoms with Gasteiger partial charge in [0.15, 0.2) is 5.69 Å². The first-order valence-electron chi connectivity index (χ1n) is 6.73. The van der Waals surface area contributed by atoms with Crippen molar-refractivity contribution < 1.29 is 13.7 Å². The fraction of sp³-hybridized carbons (Fsp3) is 0. The van der Waals surface area contributed by atoms with Crippen molar-refractivity contribution in [1.82, 2.24) is 4.98 Å². The third-order valence-corrected chi connectivity index (χ3v) is 3.35. The Kier molecular flexibility index (Phi) is 3.80. The smallest absolute Gasteiger partial charge is 0.258 e. The van der Waals surface area contributed by atoms with E-state index in [1.807, 2.05) is 0 Å². The molecule has 0 atom stereocenters. The van der Waals surface area contributed by atoms with E-state index in [9.17, 15) is 18.9 Å². The van der Waals surface area contributed by atoms with E-state index in [2.05, 4.69) is 4.98 Å². The van der Waals surface area contributed by atoms with Crippen LogP contribution in [0, 0.1) is 21.7 Å². The quantitative estimate of drug-likeness (QED) is 0.524. The molecule has 0 aliphatic heterocycles. The van der Waals surface area contributed by atoms with Crippen LogP contribution < -0.4 is 0 Å². The number of rotatable bonds is 3. The van der Waals surface area contributed by atoms with Gasteiger partial charge >= 0.3 is 0 Å². The van der Waals surface area contributed by atoms with E-state index in [0.29, 0.717) is 0 Å². The van der Waals surface area contributed by atoms with Crippen molar-refractivity contribution in [2.75, 3.05) is 0 Å². The van der Waals surface area contributed by atoms with Crippen LogP contribution in [0.3, 0.4) is 0 Å². The predicted molar refractivity (Wildman–Crippen MR) is 81.7 cm³/mol. The minimum atomic E-state index is -0.639. The molecule has 114 valence electrons. The average Bonchev–Trinajstić information content (AvgIpc) is 2.55. The topological polar surface area (TPSA) is 56.0 Å². The molecule has 0 amide bonds. The van der Waals surface area contributed by atoms with E-state index < -0.39 is 16.6 Å². The van der Waals surface area contributed by atoms with E-state index >= 15 is 0 Å². The zero-order valence-corrected chi connectivity index (χ0v) is 11.7. The van der Waals surface area contributed by atoms with Crippen molar-refractivity contribution in [2.24, 2.45) is 0 Å². The first-order chi connectivity index (χ1) is 11.1. The van der Waals surface area contributed by atoms with Crippen LogP contribution in [0.25, 0.3) is 22.5 Å². The molecule has 3 aromatic rings. The second-order valence-corrected chi connectivity index (χ2v) is 4.78. The Balaban J connectivity index is 2.25. The predicted octanol–water partition coefficient (Wildman–Crippen LogP) is 4.60. The largest absolute Gasteiger partial charge is 0.295 e. The normalized spacial score (nSPS) is 10.5. The van der Waals surface area contributed by atoms with Crippen LogP contribution in [0.2, 0.25) is 0 Å². The van der Waals surface area contributed by atoms with E-state index in [1.54, 1.807) is 12.1 Å². The van der Waals surface area contributed by atoms with Crippen LogP contribution in [-0.2, 0) is 0 Å². The van der Waals surface area contributed by atoms with E-state index in [0.717, 1.165) is 0 Å². The molecule has 0 fully saturated rings. The van der Waals surface area contributed by atoms with E-state index in [4.69, 9.17) is 0 Å². The fourth-order valence-electron chi connectivity index (χ4n) is 2.27. The summed E-state index contributed by atoms with van der Waals surface area (Å²) < 4.78 is 27.9. The highest BCUT2D eigenvalue weighted by Crippen LogP contribution is 2.32. The van der Waals surface area contributed by atoms with Gasteiger partial charge in [0, 0.05) is 17.2 Å². The van der Waals surface area contributed by atoms with Gasteiger partial charge < -0.3 is 0 Å². The SMILES string of the molecule is O=[N+]([O-])c1ccc(-c2ccccc2F)nc1-c1ccccc1F. The molecule has 1 aromatic heterocycles. The number of pyridine rings is 1. The first-order valence-corrected chi connectivity index (χ1v) is 6.73. The van der Waals surface area contributed by atoms with Crippen LogP contribution in [0.4, 0.5) is 14.5 Å². The summed E-state index contributed by atoms with van der Waals surface area (Å²) in [4.78, 5) is 14.7. The highest BCUT2D eigenvalue weighted by molar-refractivity contribution is 5.74. The zero-order chi connectivity index (χ0) is 16.4. The Morgan fingerprint density at radius 1 is 0.826 bits per heavy atom. The summed E-state index contributed by atoms with van der Waals surface area (Å²) in [6.07, 6.45) is 0. The lowest BCUT2D eigenvalue weighted by molar-refractivity contribution is -0.384. The molecule has 0 aliphatic rings. The van der Waals surface area contributed by atoms with Gasteiger partial charge in [0.2, 0.25) is 0 Å². The number of nitrogens with zero attached hydrogens (tertiary/aromatic N) is 2. The van der Waals surface area contributed by atoms with E-state index in [1.165, 1.54) is 48.5 Å². The number of halogens is 2. The van der Waals surface area contributed by atoms with Crippen LogP contribution >= 0.6 is 0 Å². The standard InChI is InChI=1S/C17H10F2N2O2/c18-13-7-3-1-5-11(13)15-9-10-16(21(22)23)17(20-15)12-6-2-4-8-14(12)19/h1-10H. The van der Waals surface area contributed by atoms with Gasteiger partial charge in [-0.2, -0.15) is 0 Å². The Bertz CT molecular complexity index is 897. The number of aromatic nitrogens is 1. The second-order valence-electron chi connectivity index (χ2n) is 4.78. The number of hydrogen-bond acceptors (Lipinski definition) is 3. The molecular formula is C17H10F2N2O2. The summed E-state index contributed by atoms with van der Waals surface area (Å²) in [6, 6.07) is 14.1. The molecule has 23 heavy (non-hydrogen) atoms. The molecule has 0 spiro atoms. The summed E-state index contributed by atoms with van der Waals surface area (Å²) in [5.41, 5.74) is -0.0756. The maximum atomic E-state index is 14.0. The summed E-state index contributed by atoms with van der Waals surface area (Å²) in [5.74, 6) is -1.14. The lowest BCUT2D eigenvalue weighted by Crippen LogP contribution is -1.98. The third kappa shape index (κ3) is 2.78. The van der Waals surface area contributed by atoms with Crippen LogP contribution in [0.5, 0.6) is 0 Å². The van der Waals surface area contributed by atoms with Gasteiger partial charge in [-0.15, -0.1) is 0 Å². The van der Waals surface area contributed by atoms with Gasteiger partial charge in [0.1, 0.15) is 11.6 Å². The van der Waals surface area contributed by atoms with Gasteiger partial charge in [0.05, 0.1) is 10.6 Å². The number of hydrogen-bond donors (Lipinski definition) is 0. The van der Waals surface area contributed by atoms with Crippen molar-refractivity contribution in [3.05, 3.63) is 82.4 Å². The maximum Gasteiger partial charge on any atom is 0.295 e. The lowest BCUT2D eigenvalue weighted by atomic mass is 10.1. The third-order valence-electron chi connectivity index (χ3n) is 3.35. The van der Waals surface area contributed by atoms with E-state index in [-0.39, 0.29) is 28.2 Å². The Morgan fingerprint density at radius 3 is 1.96 bits per heavy atom. The summed E-state index contributed by atoms with van der Waals surface area (Å²) in [5, 5.41) is 11.2. The molecule has 0 N–H and O–H groups in total. The molecule has 6 heteroatoms. The summed E-state index contributed by atoms with van der Waals surface area (Å²) >= 11 is 0. The molecule has 1 heterocycles. The molecule has 0 radical (unpaired) electrons. The molecule has 0 bridgehead atoms. The molecule has 2 aromatic carbocycles. The minimum absolute atomic E-state index is 0.00242. The Labute approximate surface area is 130 Å². The van der Waals surface area contributed by atoms with Crippen molar-refractivity contribution in [2.45, 2.75) is 0 Å². The minimum Gasteiger partial charge on any atom is -0.258 e. The lowest BCUT2D eigenvalue weighted by Gasteiger charge is -2.07. The first kappa shape index (κ1) is 14.8. The van der Waals surface area contributed by atoms with Gasteiger partial charge in [-0.3, -0.25) is 10.1 Å². The van der Waals surface area contributed by atoms with Crippen molar-refractivity contribution in [3.63, 3.8) is 0 Å². The van der Waals surface area contributed by atoms with Crippen LogP contribution in [0.15, 0.2) is 60.7 Å². The van der Waals surface area contributed by atoms with Crippen LogP contribution in [-0.4, -0.2) is 9.91 Å². The van der Waals surface area contributed by atoms with Crippen LogP contribution in [0.1, 0.15) is 0 Å². The molecule has 0 aliphatic carbocycles. The highest BCUT2D eigenvalue weighted by Gasteiger charge is 2.21. The molecule has 3 rings (SSSR count). The highest BCUT2D eigenvalue weighted by atomic mass is 19.1. The van der Waals surface area contributed by atoms with Crippen molar-refractivity contribution in [1.29, 1.82) is 0 Å². The Hall–Kier alpha value is -3.15. The number of benzene rings is 2. The van der Waals surface area contributed by atoms with Gasteiger partial charge in [-0.05, 0) is 30.3 Å². The second kappa shape index (κ2) is 5.92. The zero-order valence-electron chi connectivity index (χ0n) is 11.7. The van der Waals surface area contributed by atoms with Gasteiger partial charge in [-0.25, -0.2) is 13.8 Å². The number of nitro groups is 1. The summed E-state index contributed by atoms with van der Waals surface area (Å²) in [7, 11) is 0. The summed E-state index contributed by atoms with van der Waals surface area (Å²) in [6.45, 7) is 0.